The van der Waals surface area contributed by atoms with Crippen molar-refractivity contribution in [1.29, 1.82) is 0 Å². The second kappa shape index (κ2) is 8.16. The first kappa shape index (κ1) is 19.7. The number of hydrogen-bond donors (Lipinski definition) is 1. The normalized spacial score (nSPS) is 15.9. The summed E-state index contributed by atoms with van der Waals surface area (Å²) < 4.78 is 5.58. The van der Waals surface area contributed by atoms with Crippen LogP contribution in [-0.4, -0.2) is 43.1 Å². The molecule has 2 rings (SSSR count). The predicted octanol–water partition coefficient (Wildman–Crippen LogP) is 2.72. The first-order valence-electron chi connectivity index (χ1n) is 8.19. The Hall–Kier alpha value is -1.64. The molecule has 0 bridgehead atoms. The Morgan fingerprint density at radius 1 is 1.36 bits per heavy atom. The summed E-state index contributed by atoms with van der Waals surface area (Å²) in [6.45, 7) is 9.16. The molecule has 2 heterocycles. The van der Waals surface area contributed by atoms with E-state index >= 15 is 0 Å². The zero-order valence-electron chi connectivity index (χ0n) is 15.2. The maximum absolute atomic E-state index is 12.7. The van der Waals surface area contributed by atoms with Crippen LogP contribution in [0.4, 0.5) is 0 Å². The molecular formula is C17H25N3O3SSi. The number of hydrogen-bond acceptors (Lipinski definition) is 6. The number of amides is 2. The van der Waals surface area contributed by atoms with Crippen LogP contribution in [0.15, 0.2) is 33.8 Å². The number of ether oxygens (including phenoxy) is 1. The van der Waals surface area contributed by atoms with Crippen LogP contribution in [0, 0.1) is 6.92 Å². The Morgan fingerprint density at radius 3 is 2.72 bits per heavy atom. The standard InChI is InChI=1S/C17H25N3O3SSi/c1-12-14(6-5-7-19-12)24-16-13(18)10-15(21)20(17(16)22)11-23-8-9-25(2,3)4/h5-7H,8-11,18H2,1-4H3. The molecular weight excluding hydrogens is 354 g/mol. The molecule has 8 heteroatoms. The predicted molar refractivity (Wildman–Crippen MR) is 101 cm³/mol. The van der Waals surface area contributed by atoms with E-state index in [1.165, 1.54) is 11.8 Å². The summed E-state index contributed by atoms with van der Waals surface area (Å²) in [7, 11) is -1.21. The van der Waals surface area contributed by atoms with E-state index in [-0.39, 0.29) is 19.1 Å². The first-order valence-corrected chi connectivity index (χ1v) is 12.7. The van der Waals surface area contributed by atoms with Crippen molar-refractivity contribution in [2.75, 3.05) is 13.3 Å². The number of pyridine rings is 1. The van der Waals surface area contributed by atoms with Gasteiger partial charge in [0.05, 0.1) is 17.0 Å². The van der Waals surface area contributed by atoms with Crippen LogP contribution >= 0.6 is 11.8 Å². The number of imide groups is 1. The van der Waals surface area contributed by atoms with Gasteiger partial charge in [0.15, 0.2) is 0 Å². The van der Waals surface area contributed by atoms with Crippen molar-refractivity contribution in [3.05, 3.63) is 34.6 Å². The lowest BCUT2D eigenvalue weighted by Gasteiger charge is -2.27. The number of rotatable bonds is 7. The lowest BCUT2D eigenvalue weighted by molar-refractivity contribution is -0.148. The van der Waals surface area contributed by atoms with E-state index in [0.717, 1.165) is 21.5 Å². The van der Waals surface area contributed by atoms with E-state index in [2.05, 4.69) is 24.6 Å². The van der Waals surface area contributed by atoms with Crippen molar-refractivity contribution in [2.24, 2.45) is 5.73 Å². The number of aryl methyl sites for hydroxylation is 1. The van der Waals surface area contributed by atoms with Gasteiger partial charge in [-0.1, -0.05) is 31.4 Å². The Balaban J connectivity index is 2.06. The fourth-order valence-corrected chi connectivity index (χ4v) is 3.90. The fourth-order valence-electron chi connectivity index (χ4n) is 2.17. The largest absolute Gasteiger partial charge is 0.401 e. The Labute approximate surface area is 153 Å². The van der Waals surface area contributed by atoms with Gasteiger partial charge in [0.2, 0.25) is 5.91 Å². The molecule has 0 atom stereocenters. The zero-order valence-corrected chi connectivity index (χ0v) is 17.0. The minimum Gasteiger partial charge on any atom is -0.401 e. The highest BCUT2D eigenvalue weighted by Crippen LogP contribution is 2.34. The number of carbonyl (C=O) groups is 2. The van der Waals surface area contributed by atoms with Gasteiger partial charge in [-0.25, -0.2) is 0 Å². The summed E-state index contributed by atoms with van der Waals surface area (Å²) in [4.78, 5) is 31.5. The number of carbonyl (C=O) groups excluding carboxylic acids is 2. The third kappa shape index (κ3) is 5.42. The third-order valence-corrected chi connectivity index (χ3v) is 6.76. The molecule has 136 valence electrons. The Bertz CT molecular complexity index is 701. The van der Waals surface area contributed by atoms with Crippen LogP contribution in [0.5, 0.6) is 0 Å². The quantitative estimate of drug-likeness (QED) is 0.445. The van der Waals surface area contributed by atoms with Crippen molar-refractivity contribution in [2.45, 2.75) is 43.9 Å². The van der Waals surface area contributed by atoms with Gasteiger partial charge >= 0.3 is 0 Å². The molecule has 0 spiro atoms. The van der Waals surface area contributed by atoms with E-state index in [1.807, 2.05) is 19.1 Å². The molecule has 0 aromatic carbocycles. The smallest absolute Gasteiger partial charge is 0.270 e. The second-order valence-electron chi connectivity index (χ2n) is 7.20. The first-order chi connectivity index (χ1) is 11.7. The molecule has 0 unspecified atom stereocenters. The van der Waals surface area contributed by atoms with Crippen molar-refractivity contribution in [3.63, 3.8) is 0 Å². The van der Waals surface area contributed by atoms with Gasteiger partial charge in [-0.15, -0.1) is 0 Å². The summed E-state index contributed by atoms with van der Waals surface area (Å²) in [6, 6.07) is 4.67. The zero-order chi connectivity index (χ0) is 18.6. The van der Waals surface area contributed by atoms with Crippen LogP contribution in [0.2, 0.25) is 25.7 Å². The van der Waals surface area contributed by atoms with Gasteiger partial charge in [0.1, 0.15) is 6.73 Å². The molecule has 0 radical (unpaired) electrons. The second-order valence-corrected chi connectivity index (χ2v) is 13.9. The highest BCUT2D eigenvalue weighted by atomic mass is 32.2. The minimum absolute atomic E-state index is 0.0223. The number of nitrogens with zero attached hydrogens (tertiary/aromatic N) is 2. The fraction of sp³-hybridized carbons (Fsp3) is 0.471. The molecule has 2 N–H and O–H groups in total. The maximum Gasteiger partial charge on any atom is 0.270 e. The third-order valence-electron chi connectivity index (χ3n) is 3.76. The summed E-state index contributed by atoms with van der Waals surface area (Å²) in [5, 5.41) is 0. The summed E-state index contributed by atoms with van der Waals surface area (Å²) in [5.41, 5.74) is 7.09. The Kier molecular flexibility index (Phi) is 6.42. The van der Waals surface area contributed by atoms with Gasteiger partial charge in [0, 0.05) is 31.5 Å². The van der Waals surface area contributed by atoms with Crippen LogP contribution in [0.25, 0.3) is 0 Å². The van der Waals surface area contributed by atoms with Crippen molar-refractivity contribution in [1.82, 2.24) is 9.88 Å². The highest BCUT2D eigenvalue weighted by molar-refractivity contribution is 8.04. The molecule has 0 aliphatic carbocycles. The van der Waals surface area contributed by atoms with Crippen molar-refractivity contribution < 1.29 is 14.3 Å². The molecule has 0 saturated heterocycles. The van der Waals surface area contributed by atoms with E-state index in [0.29, 0.717) is 17.2 Å². The van der Waals surface area contributed by atoms with Crippen LogP contribution in [0.3, 0.4) is 0 Å². The van der Waals surface area contributed by atoms with Crippen LogP contribution < -0.4 is 5.73 Å². The van der Waals surface area contributed by atoms with Gasteiger partial charge in [-0.3, -0.25) is 19.5 Å². The summed E-state index contributed by atoms with van der Waals surface area (Å²) >= 11 is 1.26. The topological polar surface area (TPSA) is 85.5 Å². The van der Waals surface area contributed by atoms with Crippen molar-refractivity contribution in [3.8, 4) is 0 Å². The maximum atomic E-state index is 12.7. The molecule has 0 fully saturated rings. The number of aromatic nitrogens is 1. The van der Waals surface area contributed by atoms with E-state index in [1.54, 1.807) is 6.20 Å². The highest BCUT2D eigenvalue weighted by Gasteiger charge is 2.33. The number of thioether (sulfide) groups is 1. The van der Waals surface area contributed by atoms with E-state index in [9.17, 15) is 9.59 Å². The summed E-state index contributed by atoms with van der Waals surface area (Å²) in [5.74, 6) is -0.710. The monoisotopic (exact) mass is 379 g/mol. The molecule has 1 aliphatic rings. The van der Waals surface area contributed by atoms with Gasteiger partial charge in [-0.2, -0.15) is 0 Å². The SMILES string of the molecule is Cc1ncccc1SC1=C(N)CC(=O)N(COCC[Si](C)(C)C)C1=O. The van der Waals surface area contributed by atoms with Crippen molar-refractivity contribution >= 4 is 31.7 Å². The average Bonchev–Trinajstić information content (AvgIpc) is 2.51. The summed E-state index contributed by atoms with van der Waals surface area (Å²) in [6.07, 6.45) is 1.73. The molecule has 1 aromatic rings. The average molecular weight is 380 g/mol. The van der Waals surface area contributed by atoms with E-state index < -0.39 is 14.0 Å². The molecule has 25 heavy (non-hydrogen) atoms. The minimum atomic E-state index is -1.21. The van der Waals surface area contributed by atoms with Gasteiger partial charge in [0.25, 0.3) is 5.91 Å². The van der Waals surface area contributed by atoms with E-state index in [4.69, 9.17) is 10.5 Å². The molecule has 0 saturated carbocycles. The molecule has 6 nitrogen and oxygen atoms in total. The molecule has 2 amide bonds. The molecule has 1 aliphatic heterocycles. The molecule has 1 aromatic heterocycles. The lowest BCUT2D eigenvalue weighted by atomic mass is 10.2. The van der Waals surface area contributed by atoms with Crippen LogP contribution in [0.1, 0.15) is 12.1 Å². The van der Waals surface area contributed by atoms with Crippen LogP contribution in [-0.2, 0) is 14.3 Å². The van der Waals surface area contributed by atoms with Gasteiger partial charge < -0.3 is 10.5 Å². The van der Waals surface area contributed by atoms with Gasteiger partial charge in [-0.05, 0) is 25.1 Å². The number of nitrogens with two attached hydrogens (primary N) is 1. The lowest BCUT2D eigenvalue weighted by Crippen LogP contribution is -2.43. The Morgan fingerprint density at radius 2 is 2.08 bits per heavy atom.